The standard InChI is InChI=1S/C16H13ClN2O/c1-11(20)19-10-14-9-18-16(17)8-13(14)7-6-12-4-2-3-5-15(12)19/h2-9H,10H2,1H3/b7-6-. The third kappa shape index (κ3) is 2.32. The van der Waals surface area contributed by atoms with E-state index in [-0.39, 0.29) is 5.91 Å². The van der Waals surface area contributed by atoms with Crippen molar-refractivity contribution in [2.24, 2.45) is 0 Å². The molecule has 1 amide bonds. The Balaban J connectivity index is 2.19. The number of halogens is 1. The molecule has 3 nitrogen and oxygen atoms in total. The van der Waals surface area contributed by atoms with Crippen molar-refractivity contribution in [3.8, 4) is 0 Å². The second kappa shape index (κ2) is 5.10. The summed E-state index contributed by atoms with van der Waals surface area (Å²) in [6.45, 7) is 2.07. The van der Waals surface area contributed by atoms with Crippen molar-refractivity contribution in [2.45, 2.75) is 13.5 Å². The van der Waals surface area contributed by atoms with Gasteiger partial charge < -0.3 is 4.90 Å². The van der Waals surface area contributed by atoms with Crippen molar-refractivity contribution in [3.05, 3.63) is 58.4 Å². The number of hydrogen-bond donors (Lipinski definition) is 0. The number of benzene rings is 1. The van der Waals surface area contributed by atoms with E-state index in [2.05, 4.69) is 4.98 Å². The number of aromatic nitrogens is 1. The molecule has 1 aliphatic rings. The Kier molecular flexibility index (Phi) is 3.28. The van der Waals surface area contributed by atoms with E-state index >= 15 is 0 Å². The minimum atomic E-state index is 0.00801. The molecule has 0 fully saturated rings. The van der Waals surface area contributed by atoms with Crippen molar-refractivity contribution < 1.29 is 4.79 Å². The highest BCUT2D eigenvalue weighted by molar-refractivity contribution is 6.29. The van der Waals surface area contributed by atoms with Gasteiger partial charge >= 0.3 is 0 Å². The van der Waals surface area contributed by atoms with Crippen LogP contribution in [0.25, 0.3) is 12.2 Å². The van der Waals surface area contributed by atoms with Gasteiger partial charge in [-0.1, -0.05) is 42.0 Å². The Morgan fingerprint density at radius 1 is 1.25 bits per heavy atom. The first-order valence-corrected chi connectivity index (χ1v) is 6.72. The lowest BCUT2D eigenvalue weighted by molar-refractivity contribution is -0.116. The van der Waals surface area contributed by atoms with Gasteiger partial charge in [-0.3, -0.25) is 4.79 Å². The van der Waals surface area contributed by atoms with Gasteiger partial charge in [0.1, 0.15) is 5.15 Å². The Morgan fingerprint density at radius 2 is 2.00 bits per heavy atom. The van der Waals surface area contributed by atoms with E-state index in [1.807, 2.05) is 42.5 Å². The summed E-state index contributed by atoms with van der Waals surface area (Å²) in [6.07, 6.45) is 5.74. The highest BCUT2D eigenvalue weighted by Gasteiger charge is 2.18. The monoisotopic (exact) mass is 284 g/mol. The maximum atomic E-state index is 12.0. The summed E-state index contributed by atoms with van der Waals surface area (Å²) < 4.78 is 0. The van der Waals surface area contributed by atoms with E-state index in [9.17, 15) is 4.79 Å². The molecule has 0 aliphatic carbocycles. The van der Waals surface area contributed by atoms with Crippen LogP contribution in [-0.2, 0) is 11.3 Å². The van der Waals surface area contributed by atoms with Crippen molar-refractivity contribution in [1.82, 2.24) is 4.98 Å². The van der Waals surface area contributed by atoms with Gasteiger partial charge in [-0.15, -0.1) is 0 Å². The van der Waals surface area contributed by atoms with Crippen molar-refractivity contribution >= 4 is 35.3 Å². The van der Waals surface area contributed by atoms with Crippen LogP contribution in [0.1, 0.15) is 23.6 Å². The molecule has 4 heteroatoms. The fourth-order valence-corrected chi connectivity index (χ4v) is 2.52. The fourth-order valence-electron chi connectivity index (χ4n) is 2.35. The lowest BCUT2D eigenvalue weighted by atomic mass is 10.0. The largest absolute Gasteiger partial charge is 0.308 e. The molecular formula is C16H13ClN2O. The lowest BCUT2D eigenvalue weighted by Crippen LogP contribution is -2.29. The molecule has 0 spiro atoms. The molecule has 0 saturated heterocycles. The zero-order valence-electron chi connectivity index (χ0n) is 11.0. The molecule has 0 radical (unpaired) electrons. The van der Waals surface area contributed by atoms with Gasteiger partial charge in [-0.25, -0.2) is 4.98 Å². The summed E-state index contributed by atoms with van der Waals surface area (Å²) in [7, 11) is 0. The van der Waals surface area contributed by atoms with Gasteiger partial charge in [0.05, 0.1) is 12.2 Å². The quantitative estimate of drug-likeness (QED) is 0.690. The van der Waals surface area contributed by atoms with Crippen LogP contribution in [0, 0.1) is 0 Å². The van der Waals surface area contributed by atoms with E-state index in [1.54, 1.807) is 18.0 Å². The molecule has 0 saturated carbocycles. The number of rotatable bonds is 0. The van der Waals surface area contributed by atoms with Crippen molar-refractivity contribution in [1.29, 1.82) is 0 Å². The van der Waals surface area contributed by atoms with Crippen LogP contribution in [0.4, 0.5) is 5.69 Å². The van der Waals surface area contributed by atoms with Crippen LogP contribution in [0.5, 0.6) is 0 Å². The first-order chi connectivity index (χ1) is 9.65. The summed E-state index contributed by atoms with van der Waals surface area (Å²) in [6, 6.07) is 9.67. The molecule has 0 unspecified atom stereocenters. The van der Waals surface area contributed by atoms with E-state index in [0.29, 0.717) is 11.7 Å². The highest BCUT2D eigenvalue weighted by Crippen LogP contribution is 2.29. The summed E-state index contributed by atoms with van der Waals surface area (Å²) >= 11 is 5.94. The van der Waals surface area contributed by atoms with Gasteiger partial charge in [0, 0.05) is 13.1 Å². The minimum absolute atomic E-state index is 0.00801. The number of para-hydroxylation sites is 1. The summed E-state index contributed by atoms with van der Waals surface area (Å²) in [5, 5.41) is 0.455. The molecule has 2 aromatic rings. The first kappa shape index (κ1) is 12.9. The predicted molar refractivity (Wildman–Crippen MR) is 81.5 cm³/mol. The molecule has 1 aromatic heterocycles. The molecule has 100 valence electrons. The number of pyridine rings is 1. The molecule has 1 aromatic carbocycles. The molecule has 0 atom stereocenters. The van der Waals surface area contributed by atoms with E-state index in [1.165, 1.54) is 0 Å². The first-order valence-electron chi connectivity index (χ1n) is 6.35. The topological polar surface area (TPSA) is 33.2 Å². The summed E-state index contributed by atoms with van der Waals surface area (Å²) in [5.74, 6) is 0.00801. The van der Waals surface area contributed by atoms with Crippen LogP contribution < -0.4 is 4.90 Å². The van der Waals surface area contributed by atoms with Crippen LogP contribution in [0.15, 0.2) is 36.5 Å². The van der Waals surface area contributed by atoms with Gasteiger partial charge in [-0.05, 0) is 28.8 Å². The molecule has 2 heterocycles. The van der Waals surface area contributed by atoms with Crippen LogP contribution >= 0.6 is 11.6 Å². The fraction of sp³-hybridized carbons (Fsp3) is 0.125. The minimum Gasteiger partial charge on any atom is -0.308 e. The van der Waals surface area contributed by atoms with Crippen molar-refractivity contribution in [3.63, 3.8) is 0 Å². The molecule has 3 rings (SSSR count). The van der Waals surface area contributed by atoms with E-state index < -0.39 is 0 Å². The maximum Gasteiger partial charge on any atom is 0.224 e. The number of carbonyl (C=O) groups is 1. The highest BCUT2D eigenvalue weighted by atomic mass is 35.5. The molecule has 0 bridgehead atoms. The Morgan fingerprint density at radius 3 is 2.80 bits per heavy atom. The SMILES string of the molecule is CC(=O)N1Cc2cnc(Cl)cc2/C=C\c2ccccc21. The number of amides is 1. The summed E-state index contributed by atoms with van der Waals surface area (Å²) in [4.78, 5) is 17.8. The molecule has 20 heavy (non-hydrogen) atoms. The zero-order chi connectivity index (χ0) is 14.1. The zero-order valence-corrected chi connectivity index (χ0v) is 11.8. The Bertz CT molecular complexity index is 709. The third-order valence-corrected chi connectivity index (χ3v) is 3.57. The van der Waals surface area contributed by atoms with Gasteiger partial charge in [0.25, 0.3) is 0 Å². The van der Waals surface area contributed by atoms with Gasteiger partial charge in [0.15, 0.2) is 0 Å². The molecule has 0 N–H and O–H groups in total. The Hall–Kier alpha value is -2.13. The number of fused-ring (bicyclic) bond motifs is 2. The van der Waals surface area contributed by atoms with Crippen LogP contribution in [-0.4, -0.2) is 10.9 Å². The molecule has 1 aliphatic heterocycles. The van der Waals surface area contributed by atoms with Gasteiger partial charge in [0.2, 0.25) is 5.91 Å². The normalized spacial score (nSPS) is 14.8. The van der Waals surface area contributed by atoms with Gasteiger partial charge in [-0.2, -0.15) is 0 Å². The number of anilines is 1. The number of nitrogens with zero attached hydrogens (tertiary/aromatic N) is 2. The average molecular weight is 285 g/mol. The van der Waals surface area contributed by atoms with Crippen LogP contribution in [0.2, 0.25) is 5.15 Å². The Labute approximate surface area is 122 Å². The maximum absolute atomic E-state index is 12.0. The lowest BCUT2D eigenvalue weighted by Gasteiger charge is -2.25. The number of carbonyl (C=O) groups excluding carboxylic acids is 1. The van der Waals surface area contributed by atoms with Crippen LogP contribution in [0.3, 0.4) is 0 Å². The third-order valence-electron chi connectivity index (χ3n) is 3.37. The number of hydrogen-bond acceptors (Lipinski definition) is 2. The average Bonchev–Trinajstić information content (AvgIpc) is 2.42. The smallest absolute Gasteiger partial charge is 0.224 e. The van der Waals surface area contributed by atoms with E-state index in [0.717, 1.165) is 22.4 Å². The second-order valence-electron chi connectivity index (χ2n) is 4.70. The van der Waals surface area contributed by atoms with E-state index in [4.69, 9.17) is 11.6 Å². The van der Waals surface area contributed by atoms with Crippen molar-refractivity contribution in [2.75, 3.05) is 4.90 Å². The predicted octanol–water partition coefficient (Wildman–Crippen LogP) is 3.77. The summed E-state index contributed by atoms with van der Waals surface area (Å²) in [5.41, 5.74) is 3.90. The second-order valence-corrected chi connectivity index (χ2v) is 5.09. The molecular weight excluding hydrogens is 272 g/mol.